The maximum absolute atomic E-state index is 12.6. The first kappa shape index (κ1) is 17.2. The van der Waals surface area contributed by atoms with Gasteiger partial charge in [0.25, 0.3) is 0 Å². The molecule has 7 nitrogen and oxygen atoms in total. The van der Waals surface area contributed by atoms with Crippen LogP contribution in [0, 0.1) is 11.8 Å². The van der Waals surface area contributed by atoms with E-state index in [4.69, 9.17) is 0 Å². The van der Waals surface area contributed by atoms with Crippen molar-refractivity contribution in [2.45, 2.75) is 37.8 Å². The van der Waals surface area contributed by atoms with Crippen LogP contribution in [-0.2, 0) is 14.8 Å². The molecule has 0 spiro atoms. The molecule has 9 heteroatoms. The average molecular weight is 385 g/mol. The number of sulfonamides is 1. The lowest BCUT2D eigenvalue weighted by Crippen LogP contribution is -2.67. The van der Waals surface area contributed by atoms with Crippen LogP contribution in [0.4, 0.5) is 5.13 Å². The molecular formula is C16H24N4O3S2. The van der Waals surface area contributed by atoms with Crippen molar-refractivity contribution in [3.8, 4) is 0 Å². The Balaban J connectivity index is 1.61. The maximum Gasteiger partial charge on any atom is 0.223 e. The van der Waals surface area contributed by atoms with Gasteiger partial charge in [-0.1, -0.05) is 0 Å². The van der Waals surface area contributed by atoms with Crippen molar-refractivity contribution >= 4 is 32.4 Å². The first-order chi connectivity index (χ1) is 11.9. The third-order valence-electron chi connectivity index (χ3n) is 5.74. The number of aromatic nitrogens is 1. The summed E-state index contributed by atoms with van der Waals surface area (Å²) in [6.45, 7) is 2.07. The minimum Gasteiger partial charge on any atom is -0.347 e. The highest BCUT2D eigenvalue weighted by Crippen LogP contribution is 2.42. The number of carbonyl (C=O) groups is 1. The largest absolute Gasteiger partial charge is 0.347 e. The number of nitrogens with one attached hydrogen (secondary N) is 1. The van der Waals surface area contributed by atoms with Crippen LogP contribution in [0.5, 0.6) is 0 Å². The third-order valence-corrected chi connectivity index (χ3v) is 7.26. The van der Waals surface area contributed by atoms with E-state index in [1.807, 2.05) is 16.5 Å². The van der Waals surface area contributed by atoms with Gasteiger partial charge >= 0.3 is 0 Å². The van der Waals surface area contributed by atoms with Gasteiger partial charge in [-0.15, -0.1) is 11.3 Å². The number of hydrogen-bond acceptors (Lipinski definition) is 6. The van der Waals surface area contributed by atoms with Crippen molar-refractivity contribution in [3.05, 3.63) is 11.6 Å². The molecule has 0 unspecified atom stereocenters. The molecule has 138 valence electrons. The maximum atomic E-state index is 12.6. The lowest BCUT2D eigenvalue weighted by Gasteiger charge is -2.56. The standard InChI is InChI=1S/C16H24N4O3S2/c1-25(22,23)18-8-14-12-7-11(13-3-2-4-15(21)20(13)14)9-19(10-12)16-17-5-6-24-16/h5-6,11-14,18H,2-4,7-10H2,1H3/t11-,12+,13+,14+/m1/s1. The number of fused-ring (bicyclic) bond motifs is 4. The minimum atomic E-state index is -3.27. The first-order valence-electron chi connectivity index (χ1n) is 8.82. The molecule has 25 heavy (non-hydrogen) atoms. The Bertz CT molecular complexity index is 737. The normalized spacial score (nSPS) is 32.6. The summed E-state index contributed by atoms with van der Waals surface area (Å²) in [5.41, 5.74) is 0. The second kappa shape index (κ2) is 6.51. The highest BCUT2D eigenvalue weighted by Gasteiger charge is 2.49. The number of anilines is 1. The molecule has 0 saturated carbocycles. The van der Waals surface area contributed by atoms with E-state index in [9.17, 15) is 13.2 Å². The van der Waals surface area contributed by atoms with Gasteiger partial charge in [-0.25, -0.2) is 18.1 Å². The minimum absolute atomic E-state index is 0.0634. The van der Waals surface area contributed by atoms with Crippen molar-refractivity contribution in [1.82, 2.24) is 14.6 Å². The molecule has 1 aromatic rings. The topological polar surface area (TPSA) is 82.6 Å². The summed E-state index contributed by atoms with van der Waals surface area (Å²) in [4.78, 5) is 21.4. The monoisotopic (exact) mass is 384 g/mol. The van der Waals surface area contributed by atoms with E-state index < -0.39 is 10.0 Å². The molecule has 0 aliphatic carbocycles. The fourth-order valence-electron chi connectivity index (χ4n) is 4.80. The molecule has 0 aromatic carbocycles. The van der Waals surface area contributed by atoms with Crippen LogP contribution in [0.15, 0.2) is 11.6 Å². The second-order valence-corrected chi connectivity index (χ2v) is 10.1. The number of carbonyl (C=O) groups excluding carboxylic acids is 1. The summed E-state index contributed by atoms with van der Waals surface area (Å²) >= 11 is 1.64. The zero-order valence-electron chi connectivity index (χ0n) is 14.3. The van der Waals surface area contributed by atoms with Crippen molar-refractivity contribution in [3.63, 3.8) is 0 Å². The van der Waals surface area contributed by atoms with E-state index in [0.29, 0.717) is 18.9 Å². The van der Waals surface area contributed by atoms with Crippen LogP contribution in [0.3, 0.4) is 0 Å². The summed E-state index contributed by atoms with van der Waals surface area (Å²) in [5.74, 6) is 0.908. The summed E-state index contributed by atoms with van der Waals surface area (Å²) < 4.78 is 25.9. The lowest BCUT2D eigenvalue weighted by atomic mass is 9.72. The van der Waals surface area contributed by atoms with Crippen LogP contribution in [0.1, 0.15) is 25.7 Å². The van der Waals surface area contributed by atoms with Crippen LogP contribution in [-0.4, -0.2) is 62.2 Å². The second-order valence-electron chi connectivity index (χ2n) is 7.42. The predicted octanol–water partition coefficient (Wildman–Crippen LogP) is 0.898. The summed E-state index contributed by atoms with van der Waals surface area (Å²) in [7, 11) is -3.27. The van der Waals surface area contributed by atoms with E-state index >= 15 is 0 Å². The first-order valence-corrected chi connectivity index (χ1v) is 11.6. The molecule has 3 aliphatic heterocycles. The molecule has 1 N–H and O–H groups in total. The van der Waals surface area contributed by atoms with Gasteiger partial charge in [0.05, 0.1) is 12.3 Å². The van der Waals surface area contributed by atoms with Crippen LogP contribution in [0.2, 0.25) is 0 Å². The van der Waals surface area contributed by atoms with E-state index in [-0.39, 0.29) is 23.9 Å². The molecule has 4 atom stereocenters. The van der Waals surface area contributed by atoms with Gasteiger partial charge in [-0.05, 0) is 31.1 Å². The molecule has 1 amide bonds. The van der Waals surface area contributed by atoms with Crippen molar-refractivity contribution < 1.29 is 13.2 Å². The van der Waals surface area contributed by atoms with Crippen LogP contribution in [0.25, 0.3) is 0 Å². The Morgan fingerprint density at radius 3 is 2.88 bits per heavy atom. The fourth-order valence-corrected chi connectivity index (χ4v) is 5.94. The van der Waals surface area contributed by atoms with Gasteiger partial charge in [0.2, 0.25) is 15.9 Å². The van der Waals surface area contributed by atoms with Gasteiger partial charge in [0, 0.05) is 43.7 Å². The smallest absolute Gasteiger partial charge is 0.223 e. The Labute approximate surface area is 152 Å². The average Bonchev–Trinajstić information content (AvgIpc) is 3.09. The van der Waals surface area contributed by atoms with Gasteiger partial charge in [-0.3, -0.25) is 4.79 Å². The number of thiazole rings is 1. The van der Waals surface area contributed by atoms with Crippen molar-refractivity contribution in [1.29, 1.82) is 0 Å². The van der Waals surface area contributed by atoms with E-state index in [0.717, 1.165) is 37.5 Å². The predicted molar refractivity (Wildman–Crippen MR) is 97.0 cm³/mol. The Kier molecular flexibility index (Phi) is 4.49. The summed E-state index contributed by atoms with van der Waals surface area (Å²) in [6.07, 6.45) is 6.60. The Morgan fingerprint density at radius 1 is 1.36 bits per heavy atom. The SMILES string of the molecule is CS(=O)(=O)NC[C@H]1[C@H]2C[C@H](CN(c3nccs3)C2)[C@@H]2CCCC(=O)N21. The number of piperidine rings is 3. The summed E-state index contributed by atoms with van der Waals surface area (Å²) in [5, 5.41) is 3.01. The number of amides is 1. The van der Waals surface area contributed by atoms with Gasteiger partial charge in [0.1, 0.15) is 0 Å². The zero-order valence-corrected chi connectivity index (χ0v) is 15.9. The zero-order chi connectivity index (χ0) is 17.6. The number of rotatable bonds is 4. The van der Waals surface area contributed by atoms with E-state index in [1.54, 1.807) is 11.3 Å². The summed E-state index contributed by atoms with van der Waals surface area (Å²) in [6, 6.07) is 0.165. The van der Waals surface area contributed by atoms with E-state index in [1.165, 1.54) is 6.26 Å². The Morgan fingerprint density at radius 2 is 2.16 bits per heavy atom. The lowest BCUT2D eigenvalue weighted by molar-refractivity contribution is -0.148. The molecule has 4 heterocycles. The molecule has 2 bridgehead atoms. The van der Waals surface area contributed by atoms with Crippen molar-refractivity contribution in [2.75, 3.05) is 30.8 Å². The quantitative estimate of drug-likeness (QED) is 0.834. The Hall–Kier alpha value is -1.19. The van der Waals surface area contributed by atoms with Gasteiger partial charge in [-0.2, -0.15) is 0 Å². The molecule has 3 saturated heterocycles. The number of hydrogen-bond donors (Lipinski definition) is 1. The fraction of sp³-hybridized carbons (Fsp3) is 0.750. The highest BCUT2D eigenvalue weighted by molar-refractivity contribution is 7.88. The van der Waals surface area contributed by atoms with Crippen LogP contribution >= 0.6 is 11.3 Å². The van der Waals surface area contributed by atoms with E-state index in [2.05, 4.69) is 14.6 Å². The molecule has 3 fully saturated rings. The number of nitrogens with zero attached hydrogens (tertiary/aromatic N) is 3. The molecule has 0 radical (unpaired) electrons. The molecule has 3 aliphatic rings. The molecular weight excluding hydrogens is 360 g/mol. The van der Waals surface area contributed by atoms with Gasteiger partial charge < -0.3 is 9.80 Å². The third kappa shape index (κ3) is 3.41. The highest BCUT2D eigenvalue weighted by atomic mass is 32.2. The molecule has 4 rings (SSSR count). The van der Waals surface area contributed by atoms with Crippen molar-refractivity contribution in [2.24, 2.45) is 11.8 Å². The van der Waals surface area contributed by atoms with Crippen LogP contribution < -0.4 is 9.62 Å². The van der Waals surface area contributed by atoms with Gasteiger partial charge in [0.15, 0.2) is 5.13 Å². The molecule has 1 aromatic heterocycles.